The fraction of sp³-hybridized carbons (Fsp3) is 0.160. The van der Waals surface area contributed by atoms with Crippen molar-refractivity contribution in [3.05, 3.63) is 77.1 Å². The van der Waals surface area contributed by atoms with Gasteiger partial charge >= 0.3 is 5.97 Å². The predicted octanol–water partition coefficient (Wildman–Crippen LogP) is 4.51. The number of nitrogens with zero attached hydrogens (tertiary/aromatic N) is 3. The van der Waals surface area contributed by atoms with Gasteiger partial charge in [0.1, 0.15) is 16.6 Å². The number of carbonyl (C=O) groups excluding carboxylic acids is 2. The molecule has 33 heavy (non-hydrogen) atoms. The SMILES string of the molecule is CC(OC(=O)c1cccc2nccnc12)C(=O)Nc1sc2c(c1C#N)CCc1ccccc1-2. The number of nitriles is 1. The topological polar surface area (TPSA) is 105 Å². The minimum atomic E-state index is -1.07. The van der Waals surface area contributed by atoms with Gasteiger partial charge in [0, 0.05) is 17.3 Å². The molecule has 1 amide bonds. The lowest BCUT2D eigenvalue weighted by atomic mass is 9.90. The third kappa shape index (κ3) is 3.73. The maximum absolute atomic E-state index is 12.9. The van der Waals surface area contributed by atoms with Gasteiger partial charge in [-0.1, -0.05) is 30.3 Å². The van der Waals surface area contributed by atoms with Crippen LogP contribution in [0, 0.1) is 11.3 Å². The molecule has 0 radical (unpaired) electrons. The van der Waals surface area contributed by atoms with Crippen molar-refractivity contribution >= 4 is 39.2 Å². The summed E-state index contributed by atoms with van der Waals surface area (Å²) in [5, 5.41) is 13.0. The maximum atomic E-state index is 12.9. The van der Waals surface area contributed by atoms with Gasteiger partial charge < -0.3 is 10.1 Å². The van der Waals surface area contributed by atoms with Crippen LogP contribution < -0.4 is 5.32 Å². The van der Waals surface area contributed by atoms with Gasteiger partial charge in [0.15, 0.2) is 6.10 Å². The summed E-state index contributed by atoms with van der Waals surface area (Å²) in [5.74, 6) is -1.17. The van der Waals surface area contributed by atoms with Crippen LogP contribution in [0.1, 0.15) is 34.0 Å². The van der Waals surface area contributed by atoms with E-state index in [2.05, 4.69) is 27.4 Å². The number of carbonyl (C=O) groups is 2. The molecule has 0 saturated heterocycles. The van der Waals surface area contributed by atoms with E-state index in [9.17, 15) is 14.9 Å². The van der Waals surface area contributed by atoms with E-state index in [1.807, 2.05) is 18.2 Å². The Hall–Kier alpha value is -4.09. The smallest absolute Gasteiger partial charge is 0.341 e. The highest BCUT2D eigenvalue weighted by Crippen LogP contribution is 2.44. The predicted molar refractivity (Wildman–Crippen MR) is 125 cm³/mol. The van der Waals surface area contributed by atoms with E-state index in [0.29, 0.717) is 21.6 Å². The summed E-state index contributed by atoms with van der Waals surface area (Å²) in [6, 6.07) is 15.3. The zero-order chi connectivity index (χ0) is 22.9. The molecular weight excluding hydrogens is 436 g/mol. The second-order valence-electron chi connectivity index (χ2n) is 7.65. The van der Waals surface area contributed by atoms with Gasteiger partial charge in [0.25, 0.3) is 5.91 Å². The number of aromatic nitrogens is 2. The molecule has 1 atom stereocenters. The average molecular weight is 455 g/mol. The zero-order valence-electron chi connectivity index (χ0n) is 17.7. The molecule has 0 bridgehead atoms. The molecule has 8 heteroatoms. The summed E-state index contributed by atoms with van der Waals surface area (Å²) in [4.78, 5) is 35.0. The summed E-state index contributed by atoms with van der Waals surface area (Å²) < 4.78 is 5.41. The molecular formula is C25H18N4O3S. The summed E-state index contributed by atoms with van der Waals surface area (Å²) >= 11 is 1.38. The first-order valence-corrected chi connectivity index (χ1v) is 11.2. The Kier molecular flexibility index (Phi) is 5.32. The van der Waals surface area contributed by atoms with Crippen LogP contribution in [0.5, 0.6) is 0 Å². The molecule has 2 aromatic carbocycles. The van der Waals surface area contributed by atoms with Crippen molar-refractivity contribution in [2.45, 2.75) is 25.9 Å². The molecule has 1 aliphatic rings. The first-order chi connectivity index (χ1) is 16.1. The Bertz CT molecular complexity index is 1450. The van der Waals surface area contributed by atoms with Crippen LogP contribution in [0.25, 0.3) is 21.5 Å². The Morgan fingerprint density at radius 2 is 1.94 bits per heavy atom. The molecule has 162 valence electrons. The Morgan fingerprint density at radius 3 is 2.79 bits per heavy atom. The third-order valence-electron chi connectivity index (χ3n) is 5.63. The minimum Gasteiger partial charge on any atom is -0.449 e. The van der Waals surface area contributed by atoms with Crippen molar-refractivity contribution in [3.63, 3.8) is 0 Å². The van der Waals surface area contributed by atoms with Crippen LogP contribution >= 0.6 is 11.3 Å². The Labute approximate surface area is 193 Å². The van der Waals surface area contributed by atoms with Crippen molar-refractivity contribution in [2.75, 3.05) is 5.32 Å². The zero-order valence-corrected chi connectivity index (χ0v) is 18.5. The van der Waals surface area contributed by atoms with Crippen LogP contribution in [0.3, 0.4) is 0 Å². The number of anilines is 1. The van der Waals surface area contributed by atoms with E-state index in [4.69, 9.17) is 4.74 Å². The third-order valence-corrected chi connectivity index (χ3v) is 6.81. The molecule has 0 spiro atoms. The number of aryl methyl sites for hydroxylation is 1. The van der Waals surface area contributed by atoms with E-state index in [1.165, 1.54) is 30.0 Å². The number of rotatable bonds is 4. The normalized spacial score (nSPS) is 12.8. The molecule has 2 heterocycles. The highest BCUT2D eigenvalue weighted by molar-refractivity contribution is 7.20. The quantitative estimate of drug-likeness (QED) is 0.455. The fourth-order valence-corrected chi connectivity index (χ4v) is 5.26. The number of nitrogens with one attached hydrogen (secondary N) is 1. The maximum Gasteiger partial charge on any atom is 0.341 e. The van der Waals surface area contributed by atoms with Gasteiger partial charge in [-0.3, -0.25) is 14.8 Å². The number of hydrogen-bond donors (Lipinski definition) is 1. The number of thiophene rings is 1. The van der Waals surface area contributed by atoms with E-state index in [-0.39, 0.29) is 5.56 Å². The average Bonchev–Trinajstić information content (AvgIpc) is 3.20. The highest BCUT2D eigenvalue weighted by atomic mass is 32.1. The molecule has 1 aliphatic carbocycles. The number of esters is 1. The monoisotopic (exact) mass is 454 g/mol. The summed E-state index contributed by atoms with van der Waals surface area (Å²) in [5.41, 5.74) is 4.96. The fourth-order valence-electron chi connectivity index (χ4n) is 4.00. The molecule has 2 aromatic heterocycles. The lowest BCUT2D eigenvalue weighted by Crippen LogP contribution is -2.30. The highest BCUT2D eigenvalue weighted by Gasteiger charge is 2.27. The van der Waals surface area contributed by atoms with Crippen molar-refractivity contribution < 1.29 is 14.3 Å². The van der Waals surface area contributed by atoms with E-state index >= 15 is 0 Å². The Balaban J connectivity index is 1.37. The summed E-state index contributed by atoms with van der Waals surface area (Å²) in [6.45, 7) is 1.50. The standard InChI is InChI=1S/C25H18N4O3S/c1-14(32-25(31)18-7-4-8-20-21(18)28-12-11-27-20)23(30)29-24-19(13-26)17-10-9-15-5-2-3-6-16(15)22(17)33-24/h2-8,11-12,14H,9-10H2,1H3,(H,29,30). The van der Waals surface area contributed by atoms with Crippen LogP contribution in [-0.2, 0) is 22.4 Å². The largest absolute Gasteiger partial charge is 0.449 e. The first-order valence-electron chi connectivity index (χ1n) is 10.4. The van der Waals surface area contributed by atoms with Crippen LogP contribution in [-0.4, -0.2) is 27.9 Å². The molecule has 7 nitrogen and oxygen atoms in total. The van der Waals surface area contributed by atoms with Crippen molar-refractivity contribution in [3.8, 4) is 16.5 Å². The number of fused-ring (bicyclic) bond motifs is 4. The molecule has 4 aromatic rings. The van der Waals surface area contributed by atoms with Crippen molar-refractivity contribution in [1.29, 1.82) is 5.26 Å². The van der Waals surface area contributed by atoms with Gasteiger partial charge in [0.2, 0.25) is 0 Å². The van der Waals surface area contributed by atoms with E-state index in [0.717, 1.165) is 28.8 Å². The van der Waals surface area contributed by atoms with E-state index < -0.39 is 18.0 Å². The van der Waals surface area contributed by atoms with Gasteiger partial charge in [-0.15, -0.1) is 11.3 Å². The van der Waals surface area contributed by atoms with Gasteiger partial charge in [-0.25, -0.2) is 4.79 Å². The summed E-state index contributed by atoms with van der Waals surface area (Å²) in [6.07, 6.45) is 3.56. The number of benzene rings is 2. The van der Waals surface area contributed by atoms with Crippen molar-refractivity contribution in [2.24, 2.45) is 0 Å². The van der Waals surface area contributed by atoms with Crippen LogP contribution in [0.15, 0.2) is 54.9 Å². The van der Waals surface area contributed by atoms with Gasteiger partial charge in [-0.2, -0.15) is 5.26 Å². The number of ether oxygens (including phenoxy) is 1. The second-order valence-corrected chi connectivity index (χ2v) is 8.67. The molecule has 1 N–H and O–H groups in total. The molecule has 0 saturated carbocycles. The van der Waals surface area contributed by atoms with Gasteiger partial charge in [-0.05, 0) is 48.6 Å². The first kappa shape index (κ1) is 20.8. The minimum absolute atomic E-state index is 0.237. The summed E-state index contributed by atoms with van der Waals surface area (Å²) in [7, 11) is 0. The Morgan fingerprint density at radius 1 is 1.12 bits per heavy atom. The number of amides is 1. The molecule has 5 rings (SSSR count). The van der Waals surface area contributed by atoms with Crippen LogP contribution in [0.4, 0.5) is 5.00 Å². The van der Waals surface area contributed by atoms with Gasteiger partial charge in [0.05, 0.1) is 16.6 Å². The molecule has 0 aliphatic heterocycles. The van der Waals surface area contributed by atoms with Crippen molar-refractivity contribution in [1.82, 2.24) is 9.97 Å². The molecule has 0 fully saturated rings. The second kappa shape index (κ2) is 8.45. The number of para-hydroxylation sites is 1. The lowest BCUT2D eigenvalue weighted by Gasteiger charge is -2.15. The van der Waals surface area contributed by atoms with E-state index in [1.54, 1.807) is 24.4 Å². The molecule has 1 unspecified atom stereocenters. The van der Waals surface area contributed by atoms with Crippen LogP contribution in [0.2, 0.25) is 0 Å². The number of hydrogen-bond acceptors (Lipinski definition) is 7. The lowest BCUT2D eigenvalue weighted by molar-refractivity contribution is -0.123.